The number of hydrogen-bond donors (Lipinski definition) is 1. The van der Waals surface area contributed by atoms with Crippen LogP contribution in [0.4, 0.5) is 11.5 Å². The van der Waals surface area contributed by atoms with Crippen molar-refractivity contribution in [2.75, 3.05) is 16.8 Å². The fourth-order valence-electron chi connectivity index (χ4n) is 3.45. The van der Waals surface area contributed by atoms with E-state index in [2.05, 4.69) is 10.4 Å². The van der Waals surface area contributed by atoms with Gasteiger partial charge in [-0.3, -0.25) is 9.59 Å². The highest BCUT2D eigenvalue weighted by molar-refractivity contribution is 6.30. The molecule has 4 rings (SSSR count). The Labute approximate surface area is 174 Å². The van der Waals surface area contributed by atoms with E-state index in [4.69, 9.17) is 11.6 Å². The average molecular weight is 409 g/mol. The molecule has 7 heteroatoms. The van der Waals surface area contributed by atoms with Gasteiger partial charge in [-0.05, 0) is 62.2 Å². The van der Waals surface area contributed by atoms with Crippen LogP contribution >= 0.6 is 11.6 Å². The SMILES string of the molecule is Cc1cc(NC(=O)c2ccc(N3CCCCC3=O)cc2)n(-c2cccc(Cl)c2)n1. The highest BCUT2D eigenvalue weighted by Crippen LogP contribution is 2.23. The summed E-state index contributed by atoms with van der Waals surface area (Å²) in [5, 5.41) is 7.96. The lowest BCUT2D eigenvalue weighted by Crippen LogP contribution is -2.35. The third-order valence-electron chi connectivity index (χ3n) is 4.89. The maximum absolute atomic E-state index is 12.8. The predicted octanol–water partition coefficient (Wildman–Crippen LogP) is 4.60. The second-order valence-corrected chi connectivity index (χ2v) is 7.50. The lowest BCUT2D eigenvalue weighted by molar-refractivity contribution is -0.119. The van der Waals surface area contributed by atoms with Gasteiger partial charge in [0.2, 0.25) is 5.91 Å². The van der Waals surface area contributed by atoms with E-state index in [9.17, 15) is 9.59 Å². The minimum absolute atomic E-state index is 0.134. The number of anilines is 2. The second kappa shape index (κ2) is 8.09. The molecule has 1 N–H and O–H groups in total. The molecule has 1 aliphatic rings. The summed E-state index contributed by atoms with van der Waals surface area (Å²) in [5.74, 6) is 0.448. The maximum atomic E-state index is 12.8. The molecule has 2 amide bonds. The topological polar surface area (TPSA) is 67.2 Å². The number of amides is 2. The molecule has 0 radical (unpaired) electrons. The molecule has 1 aromatic heterocycles. The lowest BCUT2D eigenvalue weighted by Gasteiger charge is -2.26. The minimum atomic E-state index is -0.246. The molecule has 0 atom stereocenters. The molecule has 6 nitrogen and oxygen atoms in total. The van der Waals surface area contributed by atoms with Gasteiger partial charge >= 0.3 is 0 Å². The first-order valence-corrected chi connectivity index (χ1v) is 9.93. The molecule has 0 bridgehead atoms. The molecule has 1 fully saturated rings. The molecule has 0 aliphatic carbocycles. The van der Waals surface area contributed by atoms with Gasteiger partial charge in [0.1, 0.15) is 5.82 Å². The van der Waals surface area contributed by atoms with Crippen LogP contribution in [0.5, 0.6) is 0 Å². The molecular weight excluding hydrogens is 388 g/mol. The predicted molar refractivity (Wildman–Crippen MR) is 114 cm³/mol. The van der Waals surface area contributed by atoms with Crippen molar-refractivity contribution in [3.8, 4) is 5.69 Å². The number of rotatable bonds is 4. The van der Waals surface area contributed by atoms with E-state index in [1.165, 1.54) is 0 Å². The number of halogens is 1. The number of carbonyl (C=O) groups is 2. The van der Waals surface area contributed by atoms with Crippen LogP contribution in [0.2, 0.25) is 5.02 Å². The van der Waals surface area contributed by atoms with Crippen LogP contribution in [0.15, 0.2) is 54.6 Å². The zero-order valence-corrected chi connectivity index (χ0v) is 16.8. The maximum Gasteiger partial charge on any atom is 0.256 e. The Kier molecular flexibility index (Phi) is 5.36. The Morgan fingerprint density at radius 3 is 2.59 bits per heavy atom. The van der Waals surface area contributed by atoms with Crippen LogP contribution in [0.25, 0.3) is 5.69 Å². The summed E-state index contributed by atoms with van der Waals surface area (Å²) in [6, 6.07) is 16.2. The first-order chi connectivity index (χ1) is 14.0. The molecule has 1 aliphatic heterocycles. The van der Waals surface area contributed by atoms with E-state index in [0.29, 0.717) is 22.8 Å². The Balaban J connectivity index is 1.53. The van der Waals surface area contributed by atoms with Crippen LogP contribution < -0.4 is 10.2 Å². The van der Waals surface area contributed by atoms with Gasteiger partial charge in [0.15, 0.2) is 0 Å². The Bertz CT molecular complexity index is 1060. The molecular formula is C22H21ClN4O2. The Morgan fingerprint density at radius 1 is 1.07 bits per heavy atom. The molecule has 2 heterocycles. The number of piperidine rings is 1. The highest BCUT2D eigenvalue weighted by atomic mass is 35.5. The molecule has 29 heavy (non-hydrogen) atoms. The molecule has 2 aromatic carbocycles. The number of hydrogen-bond acceptors (Lipinski definition) is 3. The molecule has 3 aromatic rings. The van der Waals surface area contributed by atoms with Gasteiger partial charge < -0.3 is 10.2 Å². The van der Waals surface area contributed by atoms with Gasteiger partial charge in [-0.2, -0.15) is 5.10 Å². The third-order valence-corrected chi connectivity index (χ3v) is 5.13. The van der Waals surface area contributed by atoms with Crippen molar-refractivity contribution in [2.45, 2.75) is 26.2 Å². The van der Waals surface area contributed by atoms with Gasteiger partial charge in [0.05, 0.1) is 11.4 Å². The van der Waals surface area contributed by atoms with Crippen molar-refractivity contribution in [3.05, 3.63) is 70.9 Å². The zero-order valence-electron chi connectivity index (χ0n) is 16.1. The number of aryl methyl sites for hydroxylation is 1. The zero-order chi connectivity index (χ0) is 20.4. The molecule has 148 valence electrons. The largest absolute Gasteiger partial charge is 0.312 e. The second-order valence-electron chi connectivity index (χ2n) is 7.07. The summed E-state index contributed by atoms with van der Waals surface area (Å²) < 4.78 is 1.65. The van der Waals surface area contributed by atoms with Crippen molar-refractivity contribution in [3.63, 3.8) is 0 Å². The summed E-state index contributed by atoms with van der Waals surface area (Å²) in [6.45, 7) is 2.59. The summed E-state index contributed by atoms with van der Waals surface area (Å²) in [6.07, 6.45) is 2.52. The van der Waals surface area contributed by atoms with Crippen LogP contribution in [-0.2, 0) is 4.79 Å². The summed E-state index contributed by atoms with van der Waals surface area (Å²) in [7, 11) is 0. The molecule has 0 unspecified atom stereocenters. The van der Waals surface area contributed by atoms with E-state index in [0.717, 1.165) is 36.5 Å². The monoisotopic (exact) mass is 408 g/mol. The average Bonchev–Trinajstić information content (AvgIpc) is 3.08. The number of benzene rings is 2. The summed E-state index contributed by atoms with van der Waals surface area (Å²) >= 11 is 6.09. The Morgan fingerprint density at radius 2 is 1.86 bits per heavy atom. The van der Waals surface area contributed by atoms with Crippen molar-refractivity contribution in [1.82, 2.24) is 9.78 Å². The van der Waals surface area contributed by atoms with Crippen molar-refractivity contribution >= 4 is 34.9 Å². The number of nitrogens with zero attached hydrogens (tertiary/aromatic N) is 3. The van der Waals surface area contributed by atoms with Gasteiger partial charge in [-0.25, -0.2) is 4.68 Å². The number of nitrogens with one attached hydrogen (secondary N) is 1. The summed E-state index contributed by atoms with van der Waals surface area (Å²) in [5.41, 5.74) is 2.87. The quantitative estimate of drug-likeness (QED) is 0.685. The smallest absolute Gasteiger partial charge is 0.256 e. The van der Waals surface area contributed by atoms with Crippen LogP contribution in [-0.4, -0.2) is 28.1 Å². The van der Waals surface area contributed by atoms with E-state index >= 15 is 0 Å². The van der Waals surface area contributed by atoms with Gasteiger partial charge in [-0.1, -0.05) is 17.7 Å². The van der Waals surface area contributed by atoms with E-state index in [-0.39, 0.29) is 11.8 Å². The summed E-state index contributed by atoms with van der Waals surface area (Å²) in [4.78, 5) is 26.6. The first kappa shape index (κ1) is 19.2. The Hall–Kier alpha value is -3.12. The van der Waals surface area contributed by atoms with Crippen LogP contribution in [0.3, 0.4) is 0 Å². The first-order valence-electron chi connectivity index (χ1n) is 9.56. The number of carbonyl (C=O) groups excluding carboxylic acids is 2. The fourth-order valence-corrected chi connectivity index (χ4v) is 3.64. The minimum Gasteiger partial charge on any atom is -0.312 e. The van der Waals surface area contributed by atoms with Crippen molar-refractivity contribution in [1.29, 1.82) is 0 Å². The normalized spacial score (nSPS) is 14.1. The fraction of sp³-hybridized carbons (Fsp3) is 0.227. The highest BCUT2D eigenvalue weighted by Gasteiger charge is 2.20. The van der Waals surface area contributed by atoms with Crippen molar-refractivity contribution in [2.24, 2.45) is 0 Å². The van der Waals surface area contributed by atoms with E-state index < -0.39 is 0 Å². The molecule has 1 saturated heterocycles. The van der Waals surface area contributed by atoms with E-state index in [1.54, 1.807) is 39.9 Å². The van der Waals surface area contributed by atoms with Gasteiger partial charge in [0.25, 0.3) is 5.91 Å². The third kappa shape index (κ3) is 4.17. The molecule has 0 spiro atoms. The van der Waals surface area contributed by atoms with E-state index in [1.807, 2.05) is 31.2 Å². The molecule has 0 saturated carbocycles. The van der Waals surface area contributed by atoms with Gasteiger partial charge in [-0.15, -0.1) is 0 Å². The van der Waals surface area contributed by atoms with Crippen molar-refractivity contribution < 1.29 is 9.59 Å². The lowest BCUT2D eigenvalue weighted by atomic mass is 10.1. The standard InChI is InChI=1S/C22H21ClN4O2/c1-15-13-20(27(25-15)19-6-4-5-17(23)14-19)24-22(29)16-8-10-18(11-9-16)26-12-3-2-7-21(26)28/h4-6,8-11,13-14H,2-3,7,12H2,1H3,(H,24,29). The van der Waals surface area contributed by atoms with Crippen LogP contribution in [0.1, 0.15) is 35.3 Å². The number of aromatic nitrogens is 2. The van der Waals surface area contributed by atoms with Crippen LogP contribution in [0, 0.1) is 6.92 Å². The van der Waals surface area contributed by atoms with Gasteiger partial charge in [0, 0.05) is 35.3 Å².